The summed E-state index contributed by atoms with van der Waals surface area (Å²) in [5.41, 5.74) is 0.792. The number of ether oxygens (including phenoxy) is 1. The number of nitro groups is 1. The first-order chi connectivity index (χ1) is 14.7. The molecule has 1 atom stereocenters. The fraction of sp³-hybridized carbons (Fsp3) is 0.381. The van der Waals surface area contributed by atoms with E-state index in [9.17, 15) is 23.3 Å². The summed E-state index contributed by atoms with van der Waals surface area (Å²) in [4.78, 5) is 24.8. The highest BCUT2D eigenvalue weighted by atomic mass is 32.2. The summed E-state index contributed by atoms with van der Waals surface area (Å²) in [7, 11) is -4.02. The van der Waals surface area contributed by atoms with Crippen LogP contribution in [0.1, 0.15) is 35.7 Å². The molecule has 0 spiro atoms. The molecule has 2 aromatic carbocycles. The van der Waals surface area contributed by atoms with Crippen LogP contribution in [0, 0.1) is 17.0 Å². The molecule has 31 heavy (non-hydrogen) atoms. The molecule has 0 saturated carbocycles. The third-order valence-electron chi connectivity index (χ3n) is 5.19. The number of hydrogen-bond donors (Lipinski definition) is 1. The molecule has 1 amide bonds. The van der Waals surface area contributed by atoms with Crippen molar-refractivity contribution >= 4 is 27.3 Å². The lowest BCUT2D eigenvalue weighted by Gasteiger charge is -2.24. The Balaban J connectivity index is 1.73. The number of likely N-dealkylation sites (N-methyl/N-ethyl adjacent to an activating group) is 1. The summed E-state index contributed by atoms with van der Waals surface area (Å²) < 4.78 is 33.3. The minimum atomic E-state index is -4.02. The predicted molar refractivity (Wildman–Crippen MR) is 116 cm³/mol. The van der Waals surface area contributed by atoms with Gasteiger partial charge in [-0.1, -0.05) is 6.07 Å². The zero-order chi connectivity index (χ0) is 22.6. The Kier molecular flexibility index (Phi) is 6.91. The number of hydrogen-bond acceptors (Lipinski definition) is 6. The van der Waals surface area contributed by atoms with Crippen molar-refractivity contribution in [1.29, 1.82) is 0 Å². The highest BCUT2D eigenvalue weighted by molar-refractivity contribution is 7.92. The van der Waals surface area contributed by atoms with E-state index < -0.39 is 14.9 Å². The molecule has 0 radical (unpaired) electrons. The molecule has 0 bridgehead atoms. The number of nitro benzene ring substituents is 1. The van der Waals surface area contributed by atoms with Gasteiger partial charge in [-0.25, -0.2) is 8.42 Å². The molecule has 2 aromatic rings. The van der Waals surface area contributed by atoms with E-state index in [1.807, 2.05) is 6.92 Å². The number of benzene rings is 2. The lowest BCUT2D eigenvalue weighted by atomic mass is 10.1. The zero-order valence-electron chi connectivity index (χ0n) is 17.4. The van der Waals surface area contributed by atoms with Crippen molar-refractivity contribution in [2.24, 2.45) is 0 Å². The number of aryl methyl sites for hydroxylation is 1. The highest BCUT2D eigenvalue weighted by Crippen LogP contribution is 2.24. The minimum absolute atomic E-state index is 0.0496. The first kappa shape index (κ1) is 22.7. The molecule has 9 nitrogen and oxygen atoms in total. The third kappa shape index (κ3) is 5.39. The van der Waals surface area contributed by atoms with Gasteiger partial charge < -0.3 is 9.64 Å². The lowest BCUT2D eigenvalue weighted by molar-refractivity contribution is -0.385. The van der Waals surface area contributed by atoms with Crippen LogP contribution in [-0.2, 0) is 14.8 Å². The van der Waals surface area contributed by atoms with Gasteiger partial charge in [0, 0.05) is 42.6 Å². The molecule has 3 rings (SSSR count). The van der Waals surface area contributed by atoms with Gasteiger partial charge in [-0.3, -0.25) is 19.6 Å². The Labute approximate surface area is 181 Å². The maximum atomic E-state index is 12.8. The first-order valence-corrected chi connectivity index (χ1v) is 11.5. The van der Waals surface area contributed by atoms with Crippen molar-refractivity contribution in [2.75, 3.05) is 24.4 Å². The van der Waals surface area contributed by atoms with Gasteiger partial charge in [0.1, 0.15) is 0 Å². The van der Waals surface area contributed by atoms with Gasteiger partial charge in [-0.05, 0) is 57.0 Å². The molecule has 0 aliphatic carbocycles. The Hall–Kier alpha value is -2.98. The third-order valence-corrected chi connectivity index (χ3v) is 6.57. The maximum Gasteiger partial charge on any atom is 0.273 e. The van der Waals surface area contributed by atoms with Crippen LogP contribution in [0.5, 0.6) is 0 Å². The summed E-state index contributed by atoms with van der Waals surface area (Å²) in [6.45, 7) is 5.22. The Morgan fingerprint density at radius 2 is 1.97 bits per heavy atom. The van der Waals surface area contributed by atoms with E-state index in [-0.39, 0.29) is 28.3 Å². The van der Waals surface area contributed by atoms with Crippen LogP contribution in [0.4, 0.5) is 11.4 Å². The molecule has 1 N–H and O–H groups in total. The summed E-state index contributed by atoms with van der Waals surface area (Å²) in [5, 5.41) is 11.1. The van der Waals surface area contributed by atoms with E-state index in [0.717, 1.165) is 25.5 Å². The topological polar surface area (TPSA) is 119 Å². The van der Waals surface area contributed by atoms with E-state index >= 15 is 0 Å². The number of nitrogens with zero attached hydrogens (tertiary/aromatic N) is 2. The normalized spacial score (nSPS) is 16.1. The fourth-order valence-corrected chi connectivity index (χ4v) is 4.50. The molecule has 1 saturated heterocycles. The van der Waals surface area contributed by atoms with Gasteiger partial charge >= 0.3 is 0 Å². The van der Waals surface area contributed by atoms with Gasteiger partial charge in [0.15, 0.2) is 0 Å². The van der Waals surface area contributed by atoms with Crippen molar-refractivity contribution in [3.8, 4) is 0 Å². The first-order valence-electron chi connectivity index (χ1n) is 10.00. The Bertz CT molecular complexity index is 1060. The second kappa shape index (κ2) is 9.44. The van der Waals surface area contributed by atoms with Gasteiger partial charge in [0.05, 0.1) is 15.9 Å². The fourth-order valence-electron chi connectivity index (χ4n) is 3.42. The van der Waals surface area contributed by atoms with Crippen molar-refractivity contribution in [1.82, 2.24) is 4.90 Å². The van der Waals surface area contributed by atoms with Crippen LogP contribution < -0.4 is 4.72 Å². The van der Waals surface area contributed by atoms with Gasteiger partial charge in [-0.2, -0.15) is 0 Å². The van der Waals surface area contributed by atoms with Crippen LogP contribution >= 0.6 is 0 Å². The standard InChI is InChI=1S/C21H25N3O6S/c1-3-23(14-18-5-4-12-30-18)21(25)16-7-9-17(10-8-16)22-31(28,29)19-11-6-15(2)20(13-19)24(26)27/h6-11,13,18,22H,3-5,12,14H2,1-2H3. The largest absolute Gasteiger partial charge is 0.376 e. The summed E-state index contributed by atoms with van der Waals surface area (Å²) in [6, 6.07) is 9.82. The van der Waals surface area contributed by atoms with Crippen molar-refractivity contribution in [2.45, 2.75) is 37.7 Å². The van der Waals surface area contributed by atoms with Crippen LogP contribution in [0.15, 0.2) is 47.4 Å². The van der Waals surface area contributed by atoms with Crippen molar-refractivity contribution in [3.63, 3.8) is 0 Å². The smallest absolute Gasteiger partial charge is 0.273 e. The zero-order valence-corrected chi connectivity index (χ0v) is 18.2. The van der Waals surface area contributed by atoms with Crippen LogP contribution in [0.3, 0.4) is 0 Å². The molecular formula is C21H25N3O6S. The highest BCUT2D eigenvalue weighted by Gasteiger charge is 2.23. The molecule has 10 heteroatoms. The van der Waals surface area contributed by atoms with E-state index in [2.05, 4.69) is 4.72 Å². The van der Waals surface area contributed by atoms with Crippen LogP contribution in [0.25, 0.3) is 0 Å². The average Bonchev–Trinajstić information content (AvgIpc) is 3.25. The van der Waals surface area contributed by atoms with E-state index in [4.69, 9.17) is 4.74 Å². The second-order valence-corrected chi connectivity index (χ2v) is 9.05. The van der Waals surface area contributed by atoms with Crippen molar-refractivity contribution in [3.05, 3.63) is 63.7 Å². The van der Waals surface area contributed by atoms with Gasteiger partial charge in [0.25, 0.3) is 21.6 Å². The Morgan fingerprint density at radius 1 is 1.26 bits per heavy atom. The molecule has 1 heterocycles. The summed E-state index contributed by atoms with van der Waals surface area (Å²) in [5.74, 6) is -0.151. The van der Waals surface area contributed by atoms with Gasteiger partial charge in [-0.15, -0.1) is 0 Å². The maximum absolute atomic E-state index is 12.8. The predicted octanol–water partition coefficient (Wildman–Crippen LogP) is 3.35. The van der Waals surface area contributed by atoms with E-state index in [1.54, 1.807) is 17.0 Å². The van der Waals surface area contributed by atoms with Crippen LogP contribution in [0.2, 0.25) is 0 Å². The number of carbonyl (C=O) groups excluding carboxylic acids is 1. The SMILES string of the molecule is CCN(CC1CCCO1)C(=O)c1ccc(NS(=O)(=O)c2ccc(C)c([N+](=O)[O-])c2)cc1. The van der Waals surface area contributed by atoms with Crippen molar-refractivity contribution < 1.29 is 22.9 Å². The van der Waals surface area contributed by atoms with E-state index in [1.165, 1.54) is 31.2 Å². The molecule has 166 valence electrons. The number of carbonyl (C=O) groups is 1. The number of amides is 1. The average molecular weight is 448 g/mol. The molecule has 1 aliphatic rings. The second-order valence-electron chi connectivity index (χ2n) is 7.37. The number of anilines is 1. The lowest BCUT2D eigenvalue weighted by Crippen LogP contribution is -2.37. The summed E-state index contributed by atoms with van der Waals surface area (Å²) >= 11 is 0. The molecule has 1 unspecified atom stereocenters. The number of nitrogens with one attached hydrogen (secondary N) is 1. The number of sulfonamides is 1. The minimum Gasteiger partial charge on any atom is -0.376 e. The number of rotatable bonds is 8. The summed E-state index contributed by atoms with van der Waals surface area (Å²) in [6.07, 6.45) is 1.98. The molecule has 0 aromatic heterocycles. The van der Waals surface area contributed by atoms with E-state index in [0.29, 0.717) is 24.2 Å². The monoisotopic (exact) mass is 447 g/mol. The molecule has 1 aliphatic heterocycles. The van der Waals surface area contributed by atoms with Crippen LogP contribution in [-0.4, -0.2) is 49.9 Å². The quantitative estimate of drug-likeness (QED) is 0.490. The molecular weight excluding hydrogens is 422 g/mol. The Morgan fingerprint density at radius 3 is 2.55 bits per heavy atom. The molecule has 1 fully saturated rings. The van der Waals surface area contributed by atoms with Gasteiger partial charge in [0.2, 0.25) is 0 Å².